The summed E-state index contributed by atoms with van der Waals surface area (Å²) < 4.78 is 4.45. The summed E-state index contributed by atoms with van der Waals surface area (Å²) in [5.74, 6) is 0. The first-order valence-electron chi connectivity index (χ1n) is 5.38. The largest absolute Gasteiger partial charge is 0.303 e. The molecule has 0 radical (unpaired) electrons. The Hall–Kier alpha value is -1.06. The second-order valence-corrected chi connectivity index (χ2v) is 3.58. The van der Waals surface area contributed by atoms with Crippen molar-refractivity contribution in [3.8, 4) is 0 Å². The molecule has 80 valence electrons. The molecule has 0 unspecified atom stereocenters. The normalized spacial score (nSPS) is 10.6. The van der Waals surface area contributed by atoms with Gasteiger partial charge >= 0.3 is 5.56 Å². The maximum absolute atomic E-state index is 11.0. The number of unbranched alkanes of at least 4 members (excludes halogenated alkanes) is 5. The van der Waals surface area contributed by atoms with Crippen molar-refractivity contribution < 1.29 is 4.63 Å². The molecule has 0 aliphatic heterocycles. The fourth-order valence-electron chi connectivity index (χ4n) is 1.45. The van der Waals surface area contributed by atoms with Gasteiger partial charge in [-0.3, -0.25) is 9.42 Å². The molecule has 0 aliphatic carbocycles. The van der Waals surface area contributed by atoms with Crippen molar-refractivity contribution in [2.45, 2.75) is 51.9 Å². The van der Waals surface area contributed by atoms with Gasteiger partial charge in [0.15, 0.2) is 5.69 Å². The van der Waals surface area contributed by atoms with Gasteiger partial charge in [0, 0.05) is 0 Å². The minimum atomic E-state index is -0.182. The Balaban J connectivity index is 2.05. The molecular formula is C10H18N2O2. The molecule has 14 heavy (non-hydrogen) atoms. The lowest BCUT2D eigenvalue weighted by Gasteiger charge is -1.97. The molecule has 0 aromatic carbocycles. The van der Waals surface area contributed by atoms with Crippen molar-refractivity contribution in [3.63, 3.8) is 0 Å². The number of hydrogen-bond acceptors (Lipinski definition) is 3. The highest BCUT2D eigenvalue weighted by Gasteiger charge is 2.02. The lowest BCUT2D eigenvalue weighted by atomic mass is 10.1. The number of rotatable bonds is 7. The quantitative estimate of drug-likeness (QED) is 0.684. The summed E-state index contributed by atoms with van der Waals surface area (Å²) in [6.07, 6.45) is 8.06. The maximum atomic E-state index is 11.0. The van der Waals surface area contributed by atoms with Crippen LogP contribution in [0, 0.1) is 0 Å². The predicted molar refractivity (Wildman–Crippen MR) is 54.2 cm³/mol. The van der Waals surface area contributed by atoms with Crippen molar-refractivity contribution in [2.75, 3.05) is 0 Å². The molecule has 0 spiro atoms. The van der Waals surface area contributed by atoms with Gasteiger partial charge in [-0.1, -0.05) is 44.2 Å². The van der Waals surface area contributed by atoms with Gasteiger partial charge in [-0.15, -0.1) is 0 Å². The zero-order valence-corrected chi connectivity index (χ0v) is 8.71. The molecule has 1 rings (SSSR count). The van der Waals surface area contributed by atoms with E-state index in [1.807, 2.05) is 0 Å². The van der Waals surface area contributed by atoms with Crippen LogP contribution in [0.2, 0.25) is 0 Å². The molecule has 1 aromatic rings. The zero-order chi connectivity index (χ0) is 10.2. The topological polar surface area (TPSA) is 58.9 Å². The van der Waals surface area contributed by atoms with Crippen LogP contribution >= 0.6 is 0 Å². The van der Waals surface area contributed by atoms with E-state index in [-0.39, 0.29) is 5.56 Å². The minimum Gasteiger partial charge on any atom is -0.267 e. The highest BCUT2D eigenvalue weighted by atomic mass is 16.6. The number of nitrogens with zero attached hydrogens (tertiary/aromatic N) is 1. The van der Waals surface area contributed by atoms with Crippen molar-refractivity contribution in [3.05, 3.63) is 16.0 Å². The Morgan fingerprint density at radius 2 is 1.93 bits per heavy atom. The number of H-pyrrole nitrogens is 1. The molecule has 1 heterocycles. The van der Waals surface area contributed by atoms with E-state index in [1.54, 1.807) is 0 Å². The Bertz CT molecular complexity index is 290. The summed E-state index contributed by atoms with van der Waals surface area (Å²) in [6.45, 7) is 2.20. The van der Waals surface area contributed by atoms with Crippen LogP contribution in [-0.2, 0) is 6.42 Å². The van der Waals surface area contributed by atoms with Gasteiger partial charge in [0.1, 0.15) is 0 Å². The van der Waals surface area contributed by atoms with Gasteiger partial charge < -0.3 is 0 Å². The van der Waals surface area contributed by atoms with Gasteiger partial charge in [0.25, 0.3) is 0 Å². The van der Waals surface area contributed by atoms with Crippen LogP contribution in [0.25, 0.3) is 0 Å². The van der Waals surface area contributed by atoms with E-state index in [2.05, 4.69) is 21.9 Å². The van der Waals surface area contributed by atoms with E-state index < -0.39 is 0 Å². The van der Waals surface area contributed by atoms with Crippen molar-refractivity contribution in [1.82, 2.24) is 10.3 Å². The van der Waals surface area contributed by atoms with E-state index in [1.165, 1.54) is 32.1 Å². The standard InChI is InChI=1S/C10H18N2O2/c1-2-3-4-5-6-7-8-9-10(13)12-14-11-9/h2-8H2,1H3,(H,12,13). The zero-order valence-electron chi connectivity index (χ0n) is 8.71. The number of aryl methyl sites for hydroxylation is 1. The monoisotopic (exact) mass is 198 g/mol. The fraction of sp³-hybridized carbons (Fsp3) is 0.800. The van der Waals surface area contributed by atoms with Crippen LogP contribution in [0.1, 0.15) is 51.1 Å². The Morgan fingerprint density at radius 1 is 1.21 bits per heavy atom. The molecule has 0 aliphatic rings. The summed E-state index contributed by atoms with van der Waals surface area (Å²) in [5.41, 5.74) is 0.346. The van der Waals surface area contributed by atoms with Crippen LogP contribution in [0.15, 0.2) is 9.42 Å². The summed E-state index contributed by atoms with van der Waals surface area (Å²) >= 11 is 0. The Labute approximate surface area is 83.6 Å². The van der Waals surface area contributed by atoms with Crippen LogP contribution in [0.4, 0.5) is 0 Å². The third kappa shape index (κ3) is 3.77. The number of aromatic amines is 1. The molecule has 4 heteroatoms. The van der Waals surface area contributed by atoms with E-state index in [9.17, 15) is 4.79 Å². The lowest BCUT2D eigenvalue weighted by Crippen LogP contribution is -2.05. The maximum Gasteiger partial charge on any atom is 0.303 e. The molecule has 0 fully saturated rings. The average molecular weight is 198 g/mol. The summed E-state index contributed by atoms with van der Waals surface area (Å²) in [7, 11) is 0. The number of aromatic nitrogens is 2. The van der Waals surface area contributed by atoms with Crippen LogP contribution in [0.3, 0.4) is 0 Å². The van der Waals surface area contributed by atoms with Crippen LogP contribution < -0.4 is 5.56 Å². The van der Waals surface area contributed by atoms with Gasteiger partial charge in [-0.2, -0.15) is 5.16 Å². The third-order valence-electron chi connectivity index (χ3n) is 2.32. The first kappa shape index (κ1) is 11.0. The molecule has 4 nitrogen and oxygen atoms in total. The smallest absolute Gasteiger partial charge is 0.267 e. The highest BCUT2D eigenvalue weighted by molar-refractivity contribution is 4.90. The fourth-order valence-corrected chi connectivity index (χ4v) is 1.45. The molecule has 0 saturated heterocycles. The van der Waals surface area contributed by atoms with Crippen molar-refractivity contribution >= 4 is 0 Å². The average Bonchev–Trinajstić information content (AvgIpc) is 2.58. The summed E-state index contributed by atoms with van der Waals surface area (Å²) in [6, 6.07) is 0. The molecular weight excluding hydrogens is 180 g/mol. The summed E-state index contributed by atoms with van der Waals surface area (Å²) in [5, 5.41) is 5.79. The van der Waals surface area contributed by atoms with Crippen molar-refractivity contribution in [2.24, 2.45) is 0 Å². The van der Waals surface area contributed by atoms with Crippen LogP contribution in [0.5, 0.6) is 0 Å². The number of hydrogen-bond donors (Lipinski definition) is 1. The van der Waals surface area contributed by atoms with Gasteiger partial charge in [-0.25, -0.2) is 0 Å². The van der Waals surface area contributed by atoms with Crippen molar-refractivity contribution in [1.29, 1.82) is 0 Å². The lowest BCUT2D eigenvalue weighted by molar-refractivity contribution is 0.300. The third-order valence-corrected chi connectivity index (χ3v) is 2.32. The SMILES string of the molecule is CCCCCCCCc1no[nH]c1=O. The Morgan fingerprint density at radius 3 is 2.57 bits per heavy atom. The molecule has 1 aromatic heterocycles. The first-order chi connectivity index (χ1) is 6.84. The van der Waals surface area contributed by atoms with E-state index >= 15 is 0 Å². The van der Waals surface area contributed by atoms with E-state index in [0.29, 0.717) is 5.69 Å². The Kier molecular flexibility index (Phi) is 5.04. The van der Waals surface area contributed by atoms with E-state index in [4.69, 9.17) is 0 Å². The van der Waals surface area contributed by atoms with Gasteiger partial charge in [-0.05, 0) is 12.8 Å². The molecule has 0 saturated carbocycles. The second kappa shape index (κ2) is 6.40. The summed E-state index contributed by atoms with van der Waals surface area (Å²) in [4.78, 5) is 11.0. The molecule has 0 atom stereocenters. The van der Waals surface area contributed by atoms with E-state index in [0.717, 1.165) is 12.8 Å². The molecule has 0 amide bonds. The predicted octanol–water partition coefficient (Wildman–Crippen LogP) is 2.27. The van der Waals surface area contributed by atoms with Gasteiger partial charge in [0.2, 0.25) is 0 Å². The van der Waals surface area contributed by atoms with Crippen LogP contribution in [-0.4, -0.2) is 10.3 Å². The molecule has 1 N–H and O–H groups in total. The number of nitrogens with one attached hydrogen (secondary N) is 1. The van der Waals surface area contributed by atoms with Gasteiger partial charge in [0.05, 0.1) is 0 Å². The second-order valence-electron chi connectivity index (χ2n) is 3.58. The first-order valence-corrected chi connectivity index (χ1v) is 5.38. The minimum absolute atomic E-state index is 0.182. The highest BCUT2D eigenvalue weighted by Crippen LogP contribution is 2.06. The molecule has 0 bridgehead atoms.